The van der Waals surface area contributed by atoms with Crippen molar-refractivity contribution in [3.63, 3.8) is 0 Å². The molecule has 1 aromatic carbocycles. The second-order valence-electron chi connectivity index (χ2n) is 6.74. The molecule has 2 amide bonds. The number of carboxylic acids is 1. The van der Waals surface area contributed by atoms with Gasteiger partial charge in [-0.05, 0) is 56.9 Å². The Morgan fingerprint density at radius 3 is 2.25 bits per heavy atom. The highest BCUT2D eigenvalue weighted by Crippen LogP contribution is 2.24. The SMILES string of the molecule is CC1CCC(C(=O)O)CN1C(=O)c1ccc(C(=O)NC2CC2)cc1. The average Bonchev–Trinajstić information content (AvgIpc) is 3.38. The van der Waals surface area contributed by atoms with Gasteiger partial charge in [-0.15, -0.1) is 0 Å². The highest BCUT2D eigenvalue weighted by molar-refractivity contribution is 5.98. The van der Waals surface area contributed by atoms with Crippen LogP contribution in [0.5, 0.6) is 0 Å². The largest absolute Gasteiger partial charge is 0.481 e. The lowest BCUT2D eigenvalue weighted by Crippen LogP contribution is -2.47. The first-order valence-corrected chi connectivity index (χ1v) is 8.40. The number of carboxylic acid groups (broad SMARTS) is 1. The minimum Gasteiger partial charge on any atom is -0.481 e. The third kappa shape index (κ3) is 3.58. The Bertz CT molecular complexity index is 651. The molecule has 1 aromatic rings. The van der Waals surface area contributed by atoms with Crippen LogP contribution in [0.1, 0.15) is 53.3 Å². The predicted molar refractivity (Wildman–Crippen MR) is 87.8 cm³/mol. The monoisotopic (exact) mass is 330 g/mol. The van der Waals surface area contributed by atoms with Crippen molar-refractivity contribution >= 4 is 17.8 Å². The minimum absolute atomic E-state index is 0.0194. The van der Waals surface area contributed by atoms with Gasteiger partial charge in [-0.3, -0.25) is 14.4 Å². The molecule has 1 heterocycles. The number of rotatable bonds is 4. The van der Waals surface area contributed by atoms with E-state index in [1.165, 1.54) is 0 Å². The van der Waals surface area contributed by atoms with E-state index < -0.39 is 11.9 Å². The summed E-state index contributed by atoms with van der Waals surface area (Å²) in [5.41, 5.74) is 1.02. The number of piperidine rings is 1. The maximum atomic E-state index is 12.7. The molecular formula is C18H22N2O4. The molecule has 24 heavy (non-hydrogen) atoms. The lowest BCUT2D eigenvalue weighted by molar-refractivity contribution is -0.143. The molecule has 0 spiro atoms. The maximum absolute atomic E-state index is 12.7. The first kappa shape index (κ1) is 16.5. The van der Waals surface area contributed by atoms with Crippen LogP contribution >= 0.6 is 0 Å². The Morgan fingerprint density at radius 1 is 1.04 bits per heavy atom. The smallest absolute Gasteiger partial charge is 0.308 e. The van der Waals surface area contributed by atoms with Gasteiger partial charge in [0.15, 0.2) is 0 Å². The van der Waals surface area contributed by atoms with Crippen molar-refractivity contribution in [3.05, 3.63) is 35.4 Å². The highest BCUT2D eigenvalue weighted by Gasteiger charge is 2.33. The van der Waals surface area contributed by atoms with Gasteiger partial charge in [-0.25, -0.2) is 0 Å². The van der Waals surface area contributed by atoms with Crippen molar-refractivity contribution < 1.29 is 19.5 Å². The molecule has 1 aliphatic carbocycles. The number of hydrogen-bond acceptors (Lipinski definition) is 3. The third-order valence-corrected chi connectivity index (χ3v) is 4.80. The topological polar surface area (TPSA) is 86.7 Å². The number of nitrogens with zero attached hydrogens (tertiary/aromatic N) is 1. The summed E-state index contributed by atoms with van der Waals surface area (Å²) in [4.78, 5) is 37.5. The van der Waals surface area contributed by atoms with Crippen LogP contribution in [-0.2, 0) is 4.79 Å². The molecule has 0 aromatic heterocycles. The van der Waals surface area contributed by atoms with Crippen molar-refractivity contribution in [1.29, 1.82) is 0 Å². The van der Waals surface area contributed by atoms with Gasteiger partial charge in [0.25, 0.3) is 11.8 Å². The molecule has 2 atom stereocenters. The van der Waals surface area contributed by atoms with Crippen LogP contribution in [0.25, 0.3) is 0 Å². The second kappa shape index (κ2) is 6.63. The molecule has 2 N–H and O–H groups in total. The molecule has 1 saturated heterocycles. The minimum atomic E-state index is -0.855. The Morgan fingerprint density at radius 2 is 1.67 bits per heavy atom. The van der Waals surface area contributed by atoms with Crippen molar-refractivity contribution in [3.8, 4) is 0 Å². The van der Waals surface area contributed by atoms with Crippen LogP contribution in [-0.4, -0.2) is 46.4 Å². The Labute approximate surface area is 140 Å². The summed E-state index contributed by atoms with van der Waals surface area (Å²) in [6, 6.07) is 6.89. The van der Waals surface area contributed by atoms with E-state index in [1.54, 1.807) is 29.2 Å². The zero-order valence-corrected chi connectivity index (χ0v) is 13.7. The summed E-state index contributed by atoms with van der Waals surface area (Å²) in [7, 11) is 0. The maximum Gasteiger partial charge on any atom is 0.308 e. The summed E-state index contributed by atoms with van der Waals surface area (Å²) < 4.78 is 0. The summed E-state index contributed by atoms with van der Waals surface area (Å²) in [5.74, 6) is -1.66. The van der Waals surface area contributed by atoms with Gasteiger partial charge in [-0.1, -0.05) is 0 Å². The fourth-order valence-corrected chi connectivity index (χ4v) is 3.02. The summed E-state index contributed by atoms with van der Waals surface area (Å²) in [6.07, 6.45) is 3.34. The fraction of sp³-hybridized carbons (Fsp3) is 0.500. The molecule has 128 valence electrons. The zero-order valence-electron chi connectivity index (χ0n) is 13.7. The number of aliphatic carboxylic acids is 1. The molecule has 2 aliphatic rings. The van der Waals surface area contributed by atoms with Crippen LogP contribution in [0, 0.1) is 5.92 Å². The molecule has 0 bridgehead atoms. The number of carbonyl (C=O) groups is 3. The average molecular weight is 330 g/mol. The number of carbonyl (C=O) groups excluding carboxylic acids is 2. The van der Waals surface area contributed by atoms with E-state index in [1.807, 2.05) is 6.92 Å². The first-order chi connectivity index (χ1) is 11.5. The first-order valence-electron chi connectivity index (χ1n) is 8.40. The van der Waals surface area contributed by atoms with Gasteiger partial charge < -0.3 is 15.3 Å². The highest BCUT2D eigenvalue weighted by atomic mass is 16.4. The van der Waals surface area contributed by atoms with E-state index in [4.69, 9.17) is 0 Å². The van der Waals surface area contributed by atoms with E-state index >= 15 is 0 Å². The Kier molecular flexibility index (Phi) is 4.55. The number of amides is 2. The Balaban J connectivity index is 1.69. The molecule has 2 fully saturated rings. The molecule has 2 unspecified atom stereocenters. The van der Waals surface area contributed by atoms with Gasteiger partial charge in [0.05, 0.1) is 5.92 Å². The van der Waals surface area contributed by atoms with Crippen molar-refractivity contribution in [2.45, 2.75) is 44.7 Å². The van der Waals surface area contributed by atoms with Gasteiger partial charge in [0.1, 0.15) is 0 Å². The van der Waals surface area contributed by atoms with Crippen LogP contribution in [0.15, 0.2) is 24.3 Å². The lowest BCUT2D eigenvalue weighted by atomic mass is 9.93. The van der Waals surface area contributed by atoms with E-state index in [0.29, 0.717) is 30.0 Å². The molecule has 1 aliphatic heterocycles. The number of hydrogen-bond donors (Lipinski definition) is 2. The predicted octanol–water partition coefficient (Wildman–Crippen LogP) is 1.90. The Hall–Kier alpha value is -2.37. The quantitative estimate of drug-likeness (QED) is 0.883. The van der Waals surface area contributed by atoms with E-state index in [9.17, 15) is 19.5 Å². The molecule has 6 nitrogen and oxygen atoms in total. The van der Waals surface area contributed by atoms with Gasteiger partial charge in [0.2, 0.25) is 0 Å². The normalized spacial score (nSPS) is 23.6. The van der Waals surface area contributed by atoms with E-state index in [-0.39, 0.29) is 24.4 Å². The third-order valence-electron chi connectivity index (χ3n) is 4.80. The van der Waals surface area contributed by atoms with Gasteiger partial charge in [0, 0.05) is 29.8 Å². The summed E-state index contributed by atoms with van der Waals surface area (Å²) in [6.45, 7) is 2.17. The van der Waals surface area contributed by atoms with E-state index in [0.717, 1.165) is 12.8 Å². The molecule has 1 saturated carbocycles. The van der Waals surface area contributed by atoms with Crippen molar-refractivity contribution in [1.82, 2.24) is 10.2 Å². The number of likely N-dealkylation sites (tertiary alicyclic amines) is 1. The summed E-state index contributed by atoms with van der Waals surface area (Å²) >= 11 is 0. The molecular weight excluding hydrogens is 308 g/mol. The van der Waals surface area contributed by atoms with Crippen molar-refractivity contribution in [2.75, 3.05) is 6.54 Å². The van der Waals surface area contributed by atoms with E-state index in [2.05, 4.69) is 5.32 Å². The molecule has 0 radical (unpaired) electrons. The zero-order chi connectivity index (χ0) is 17.3. The molecule has 3 rings (SSSR count). The summed E-state index contributed by atoms with van der Waals surface area (Å²) in [5, 5.41) is 12.1. The standard InChI is InChI=1S/C18H22N2O4/c1-11-2-3-14(18(23)24)10-20(11)17(22)13-6-4-12(5-7-13)16(21)19-15-8-9-15/h4-7,11,14-15H,2-3,8-10H2,1H3,(H,19,21)(H,23,24). The fourth-order valence-electron chi connectivity index (χ4n) is 3.02. The number of benzene rings is 1. The van der Waals surface area contributed by atoms with Crippen molar-refractivity contribution in [2.24, 2.45) is 5.92 Å². The van der Waals surface area contributed by atoms with Crippen LogP contribution in [0.4, 0.5) is 0 Å². The van der Waals surface area contributed by atoms with Crippen LogP contribution in [0.2, 0.25) is 0 Å². The van der Waals surface area contributed by atoms with Crippen LogP contribution in [0.3, 0.4) is 0 Å². The van der Waals surface area contributed by atoms with Gasteiger partial charge in [-0.2, -0.15) is 0 Å². The lowest BCUT2D eigenvalue weighted by Gasteiger charge is -2.36. The molecule has 6 heteroatoms. The number of nitrogens with one attached hydrogen (secondary N) is 1. The second-order valence-corrected chi connectivity index (χ2v) is 6.74. The van der Waals surface area contributed by atoms with Crippen LogP contribution < -0.4 is 5.32 Å². The van der Waals surface area contributed by atoms with Gasteiger partial charge >= 0.3 is 5.97 Å².